The summed E-state index contributed by atoms with van der Waals surface area (Å²) >= 11 is 5.80. The maximum Gasteiger partial charge on any atom is 0.215 e. The first-order valence-corrected chi connectivity index (χ1v) is 4.85. The smallest absolute Gasteiger partial charge is 0.215 e. The van der Waals surface area contributed by atoms with Gasteiger partial charge >= 0.3 is 0 Å². The van der Waals surface area contributed by atoms with Crippen molar-refractivity contribution in [3.8, 4) is 5.88 Å². The largest absolute Gasteiger partial charge is 0.473 e. The molecule has 2 aromatic rings. The number of hydrogen-bond acceptors (Lipinski definition) is 3. The molecule has 0 saturated carbocycles. The average Bonchev–Trinajstić information content (AvgIpc) is 2.28. The van der Waals surface area contributed by atoms with E-state index in [1.54, 1.807) is 30.7 Å². The van der Waals surface area contributed by atoms with Crippen molar-refractivity contribution in [1.29, 1.82) is 0 Å². The third-order valence-electron chi connectivity index (χ3n) is 1.83. The van der Waals surface area contributed by atoms with Crippen molar-refractivity contribution in [3.63, 3.8) is 0 Å². The zero-order valence-corrected chi connectivity index (χ0v) is 8.69. The Labute approximate surface area is 92.7 Å². The highest BCUT2D eigenvalue weighted by atomic mass is 35.5. The molecule has 0 N–H and O–H groups in total. The second-order valence-corrected chi connectivity index (χ2v) is 3.39. The van der Waals surface area contributed by atoms with Gasteiger partial charge in [0, 0.05) is 29.7 Å². The molecule has 0 aliphatic carbocycles. The molecule has 76 valence electrons. The van der Waals surface area contributed by atoms with Gasteiger partial charge in [-0.05, 0) is 23.8 Å². The lowest BCUT2D eigenvalue weighted by Gasteiger charge is -2.04. The molecule has 0 atom stereocenters. The minimum absolute atomic E-state index is 0.468. The van der Waals surface area contributed by atoms with E-state index in [4.69, 9.17) is 16.3 Å². The van der Waals surface area contributed by atoms with Crippen LogP contribution in [0.3, 0.4) is 0 Å². The van der Waals surface area contributed by atoms with Crippen LogP contribution in [0.5, 0.6) is 5.88 Å². The zero-order chi connectivity index (χ0) is 10.5. The van der Waals surface area contributed by atoms with Crippen molar-refractivity contribution in [2.24, 2.45) is 0 Å². The third-order valence-corrected chi connectivity index (χ3v) is 2.07. The first kappa shape index (κ1) is 9.93. The van der Waals surface area contributed by atoms with Crippen molar-refractivity contribution in [2.75, 3.05) is 0 Å². The summed E-state index contributed by atoms with van der Waals surface area (Å²) in [6.45, 7) is 0.468. The van der Waals surface area contributed by atoms with E-state index in [-0.39, 0.29) is 0 Å². The molecule has 0 aliphatic rings. The Balaban J connectivity index is 1.99. The summed E-state index contributed by atoms with van der Waals surface area (Å²) in [5, 5.41) is 0.620. The SMILES string of the molecule is Clc1ccnc(OCc2ccncc2)c1. The fraction of sp³-hybridized carbons (Fsp3) is 0.0909. The number of aromatic nitrogens is 2. The van der Waals surface area contributed by atoms with Gasteiger partial charge in [-0.15, -0.1) is 0 Å². The molecule has 0 spiro atoms. The summed E-state index contributed by atoms with van der Waals surface area (Å²) in [5.41, 5.74) is 1.05. The van der Waals surface area contributed by atoms with Crippen LogP contribution < -0.4 is 4.74 Å². The van der Waals surface area contributed by atoms with Crippen LogP contribution in [-0.2, 0) is 6.61 Å². The third kappa shape index (κ3) is 2.92. The standard InChI is InChI=1S/C11H9ClN2O/c12-10-3-6-14-11(7-10)15-8-9-1-4-13-5-2-9/h1-7H,8H2. The zero-order valence-electron chi connectivity index (χ0n) is 7.93. The van der Waals surface area contributed by atoms with Crippen LogP contribution in [0.1, 0.15) is 5.56 Å². The maximum absolute atomic E-state index is 5.80. The highest BCUT2D eigenvalue weighted by molar-refractivity contribution is 6.30. The molecule has 0 aromatic carbocycles. The van der Waals surface area contributed by atoms with E-state index < -0.39 is 0 Å². The Kier molecular flexibility index (Phi) is 3.15. The van der Waals surface area contributed by atoms with Crippen LogP contribution in [0, 0.1) is 0 Å². The van der Waals surface area contributed by atoms with Crippen LogP contribution in [0.2, 0.25) is 5.02 Å². The molecular weight excluding hydrogens is 212 g/mol. The van der Waals surface area contributed by atoms with Crippen LogP contribution in [-0.4, -0.2) is 9.97 Å². The van der Waals surface area contributed by atoms with Gasteiger partial charge in [-0.1, -0.05) is 11.6 Å². The molecule has 0 fully saturated rings. The number of pyridine rings is 2. The molecule has 0 amide bonds. The Morgan fingerprint density at radius 1 is 1.13 bits per heavy atom. The van der Waals surface area contributed by atoms with Crippen molar-refractivity contribution in [2.45, 2.75) is 6.61 Å². The molecule has 0 bridgehead atoms. The lowest BCUT2D eigenvalue weighted by molar-refractivity contribution is 0.294. The van der Waals surface area contributed by atoms with Gasteiger partial charge in [0.15, 0.2) is 0 Å². The Morgan fingerprint density at radius 2 is 1.93 bits per heavy atom. The minimum Gasteiger partial charge on any atom is -0.473 e. The second kappa shape index (κ2) is 4.75. The lowest BCUT2D eigenvalue weighted by atomic mass is 10.3. The summed E-state index contributed by atoms with van der Waals surface area (Å²) in [7, 11) is 0. The van der Waals surface area contributed by atoms with E-state index in [2.05, 4.69) is 9.97 Å². The molecule has 0 aliphatic heterocycles. The van der Waals surface area contributed by atoms with E-state index >= 15 is 0 Å². The average molecular weight is 221 g/mol. The van der Waals surface area contributed by atoms with Crippen molar-refractivity contribution in [3.05, 3.63) is 53.4 Å². The fourth-order valence-corrected chi connectivity index (χ4v) is 1.25. The predicted molar refractivity (Wildman–Crippen MR) is 57.8 cm³/mol. The van der Waals surface area contributed by atoms with Gasteiger partial charge in [-0.2, -0.15) is 0 Å². The summed E-state index contributed by atoms with van der Waals surface area (Å²) in [5.74, 6) is 0.527. The van der Waals surface area contributed by atoms with Crippen LogP contribution in [0.4, 0.5) is 0 Å². The Morgan fingerprint density at radius 3 is 2.67 bits per heavy atom. The molecule has 2 rings (SSSR count). The number of nitrogens with zero attached hydrogens (tertiary/aromatic N) is 2. The molecule has 2 heterocycles. The van der Waals surface area contributed by atoms with Crippen molar-refractivity contribution in [1.82, 2.24) is 9.97 Å². The maximum atomic E-state index is 5.80. The topological polar surface area (TPSA) is 35.0 Å². The number of ether oxygens (including phenoxy) is 1. The first-order valence-electron chi connectivity index (χ1n) is 4.48. The quantitative estimate of drug-likeness (QED) is 0.798. The summed E-state index contributed by atoms with van der Waals surface area (Å²) in [6.07, 6.45) is 5.07. The van der Waals surface area contributed by atoms with Crippen molar-refractivity contribution >= 4 is 11.6 Å². The van der Waals surface area contributed by atoms with Gasteiger partial charge < -0.3 is 4.74 Å². The Bertz CT molecular complexity index is 434. The molecule has 15 heavy (non-hydrogen) atoms. The van der Waals surface area contributed by atoms with E-state index in [0.29, 0.717) is 17.5 Å². The van der Waals surface area contributed by atoms with E-state index in [0.717, 1.165) is 5.56 Å². The molecule has 3 nitrogen and oxygen atoms in total. The van der Waals surface area contributed by atoms with E-state index in [9.17, 15) is 0 Å². The van der Waals surface area contributed by atoms with Gasteiger partial charge in [0.25, 0.3) is 0 Å². The van der Waals surface area contributed by atoms with Gasteiger partial charge in [0.05, 0.1) is 0 Å². The highest BCUT2D eigenvalue weighted by Crippen LogP contribution is 2.14. The van der Waals surface area contributed by atoms with Crippen molar-refractivity contribution < 1.29 is 4.74 Å². The number of hydrogen-bond donors (Lipinski definition) is 0. The number of rotatable bonds is 3. The fourth-order valence-electron chi connectivity index (χ4n) is 1.10. The van der Waals surface area contributed by atoms with E-state index in [1.807, 2.05) is 12.1 Å². The van der Waals surface area contributed by atoms with E-state index in [1.165, 1.54) is 0 Å². The predicted octanol–water partition coefficient (Wildman–Crippen LogP) is 2.71. The second-order valence-electron chi connectivity index (χ2n) is 2.96. The first-order chi connectivity index (χ1) is 7.34. The molecule has 4 heteroatoms. The van der Waals surface area contributed by atoms with Gasteiger partial charge in [0.2, 0.25) is 5.88 Å². The monoisotopic (exact) mass is 220 g/mol. The lowest BCUT2D eigenvalue weighted by Crippen LogP contribution is -1.96. The highest BCUT2D eigenvalue weighted by Gasteiger charge is 1.97. The summed E-state index contributed by atoms with van der Waals surface area (Å²) < 4.78 is 5.45. The minimum atomic E-state index is 0.468. The summed E-state index contributed by atoms with van der Waals surface area (Å²) in [6, 6.07) is 7.18. The van der Waals surface area contributed by atoms with Crippen LogP contribution in [0.25, 0.3) is 0 Å². The Hall–Kier alpha value is -1.61. The summed E-state index contributed by atoms with van der Waals surface area (Å²) in [4.78, 5) is 7.95. The van der Waals surface area contributed by atoms with Crippen LogP contribution in [0.15, 0.2) is 42.9 Å². The van der Waals surface area contributed by atoms with Crippen LogP contribution >= 0.6 is 11.6 Å². The molecule has 0 saturated heterocycles. The molecule has 2 aromatic heterocycles. The molecule has 0 radical (unpaired) electrons. The normalized spacial score (nSPS) is 9.93. The molecular formula is C11H9ClN2O. The van der Waals surface area contributed by atoms with Gasteiger partial charge in [0.1, 0.15) is 6.61 Å². The molecule has 0 unspecified atom stereocenters. The van der Waals surface area contributed by atoms with Gasteiger partial charge in [-0.3, -0.25) is 4.98 Å². The number of halogens is 1. The van der Waals surface area contributed by atoms with Gasteiger partial charge in [-0.25, -0.2) is 4.98 Å².